The first-order chi connectivity index (χ1) is 7.18. The topological polar surface area (TPSA) is 76.7 Å². The number of nitrogens with zero attached hydrogens (tertiary/aromatic N) is 2. The van der Waals surface area contributed by atoms with Gasteiger partial charge in [0.15, 0.2) is 0 Å². The molecule has 0 saturated heterocycles. The Kier molecular flexibility index (Phi) is 2.90. The molecule has 1 saturated carbocycles. The lowest BCUT2D eigenvalue weighted by Crippen LogP contribution is -2.35. The number of hydrogen-bond donors (Lipinski definition) is 2. The van der Waals surface area contributed by atoms with Crippen LogP contribution in [0.5, 0.6) is 0 Å². The zero-order valence-corrected chi connectivity index (χ0v) is 9.07. The van der Waals surface area contributed by atoms with Crippen LogP contribution in [0.3, 0.4) is 0 Å². The van der Waals surface area contributed by atoms with Gasteiger partial charge in [-0.2, -0.15) is 5.10 Å². The van der Waals surface area contributed by atoms with Gasteiger partial charge in [-0.15, -0.1) is 0 Å². The van der Waals surface area contributed by atoms with Crippen molar-refractivity contribution in [2.24, 2.45) is 18.7 Å². The molecule has 0 amide bonds. The molecule has 0 unspecified atom stereocenters. The van der Waals surface area contributed by atoms with Crippen LogP contribution < -0.4 is 11.4 Å². The maximum atomic E-state index is 11.2. The number of hydrogen-bond acceptors (Lipinski definition) is 3. The third kappa shape index (κ3) is 2.12. The molecule has 0 bridgehead atoms. The molecular formula is C10H18N4O. The van der Waals surface area contributed by atoms with Crippen molar-refractivity contribution in [1.29, 1.82) is 0 Å². The lowest BCUT2D eigenvalue weighted by atomic mass is 9.83. The Morgan fingerprint density at radius 3 is 2.87 bits per heavy atom. The van der Waals surface area contributed by atoms with Crippen molar-refractivity contribution < 1.29 is 0 Å². The monoisotopic (exact) mass is 210 g/mol. The van der Waals surface area contributed by atoms with E-state index in [2.05, 4.69) is 10.2 Å². The molecular weight excluding hydrogens is 192 g/mol. The van der Waals surface area contributed by atoms with Gasteiger partial charge in [0.2, 0.25) is 0 Å². The number of rotatable bonds is 2. The average Bonchev–Trinajstić information content (AvgIpc) is 2.53. The van der Waals surface area contributed by atoms with Crippen molar-refractivity contribution in [3.63, 3.8) is 0 Å². The fourth-order valence-electron chi connectivity index (χ4n) is 2.29. The zero-order valence-electron chi connectivity index (χ0n) is 9.07. The highest BCUT2D eigenvalue weighted by Gasteiger charge is 2.23. The second kappa shape index (κ2) is 4.18. The molecule has 1 aromatic rings. The van der Waals surface area contributed by atoms with Gasteiger partial charge in [0.1, 0.15) is 5.82 Å². The fourth-order valence-corrected chi connectivity index (χ4v) is 2.29. The van der Waals surface area contributed by atoms with Gasteiger partial charge in [-0.1, -0.05) is 12.8 Å². The van der Waals surface area contributed by atoms with Crippen LogP contribution in [0.4, 0.5) is 0 Å². The molecule has 2 rings (SSSR count). The standard InChI is InChI=1S/C10H18N4O/c1-14-9(12-13-10(14)15)6-7-4-2-3-5-8(7)11/h7-8H,2-6,11H2,1H3,(H,13,15)/t7-,8-/m0/s1. The van der Waals surface area contributed by atoms with Crippen LogP contribution in [0, 0.1) is 5.92 Å². The molecule has 1 aliphatic carbocycles. The van der Waals surface area contributed by atoms with E-state index in [0.717, 1.165) is 25.1 Å². The molecule has 1 aliphatic rings. The summed E-state index contributed by atoms with van der Waals surface area (Å²) < 4.78 is 1.57. The molecule has 15 heavy (non-hydrogen) atoms. The molecule has 3 N–H and O–H groups in total. The smallest absolute Gasteiger partial charge is 0.327 e. The summed E-state index contributed by atoms with van der Waals surface area (Å²) in [4.78, 5) is 11.2. The first kappa shape index (κ1) is 10.4. The van der Waals surface area contributed by atoms with E-state index >= 15 is 0 Å². The van der Waals surface area contributed by atoms with Crippen LogP contribution in [0.15, 0.2) is 4.79 Å². The Balaban J connectivity index is 2.07. The normalized spacial score (nSPS) is 26.8. The highest BCUT2D eigenvalue weighted by molar-refractivity contribution is 4.91. The van der Waals surface area contributed by atoms with E-state index in [1.54, 1.807) is 11.6 Å². The lowest BCUT2D eigenvalue weighted by molar-refractivity contribution is 0.300. The maximum Gasteiger partial charge on any atom is 0.343 e. The summed E-state index contributed by atoms with van der Waals surface area (Å²) >= 11 is 0. The van der Waals surface area contributed by atoms with Crippen molar-refractivity contribution >= 4 is 0 Å². The van der Waals surface area contributed by atoms with Crippen molar-refractivity contribution in [2.45, 2.75) is 38.1 Å². The van der Waals surface area contributed by atoms with Crippen LogP contribution in [-0.4, -0.2) is 20.8 Å². The van der Waals surface area contributed by atoms with Crippen molar-refractivity contribution in [1.82, 2.24) is 14.8 Å². The third-order valence-electron chi connectivity index (χ3n) is 3.39. The van der Waals surface area contributed by atoms with Crippen LogP contribution in [0.25, 0.3) is 0 Å². The van der Waals surface area contributed by atoms with E-state index in [-0.39, 0.29) is 11.7 Å². The number of H-pyrrole nitrogens is 1. The van der Waals surface area contributed by atoms with Crippen molar-refractivity contribution in [2.75, 3.05) is 0 Å². The van der Waals surface area contributed by atoms with Crippen molar-refractivity contribution in [3.8, 4) is 0 Å². The van der Waals surface area contributed by atoms with E-state index < -0.39 is 0 Å². The van der Waals surface area contributed by atoms with E-state index in [0.29, 0.717) is 5.92 Å². The average molecular weight is 210 g/mol. The third-order valence-corrected chi connectivity index (χ3v) is 3.39. The van der Waals surface area contributed by atoms with Gasteiger partial charge in [0.05, 0.1) is 0 Å². The Labute approximate surface area is 88.7 Å². The van der Waals surface area contributed by atoms with E-state index in [4.69, 9.17) is 5.73 Å². The maximum absolute atomic E-state index is 11.2. The number of aromatic amines is 1. The first-order valence-corrected chi connectivity index (χ1v) is 5.54. The molecule has 0 spiro atoms. The van der Waals surface area contributed by atoms with Gasteiger partial charge in [-0.05, 0) is 18.8 Å². The zero-order chi connectivity index (χ0) is 10.8. The van der Waals surface area contributed by atoms with Gasteiger partial charge in [0.25, 0.3) is 0 Å². The summed E-state index contributed by atoms with van der Waals surface area (Å²) in [7, 11) is 1.75. The quantitative estimate of drug-likeness (QED) is 0.730. The molecule has 0 aliphatic heterocycles. The van der Waals surface area contributed by atoms with Gasteiger partial charge >= 0.3 is 5.69 Å². The predicted molar refractivity (Wildman–Crippen MR) is 57.5 cm³/mol. The molecule has 84 valence electrons. The minimum Gasteiger partial charge on any atom is -0.327 e. The summed E-state index contributed by atoms with van der Waals surface area (Å²) in [6.07, 6.45) is 5.55. The second-order valence-corrected chi connectivity index (χ2v) is 4.42. The predicted octanol–water partition coefficient (Wildman–Crippen LogP) is 0.168. The molecule has 1 heterocycles. The Morgan fingerprint density at radius 2 is 2.27 bits per heavy atom. The summed E-state index contributed by atoms with van der Waals surface area (Å²) in [5, 5.41) is 6.47. The van der Waals surface area contributed by atoms with E-state index in [1.165, 1.54) is 12.8 Å². The van der Waals surface area contributed by atoms with Crippen LogP contribution in [-0.2, 0) is 13.5 Å². The highest BCUT2D eigenvalue weighted by atomic mass is 16.1. The fraction of sp³-hybridized carbons (Fsp3) is 0.800. The second-order valence-electron chi connectivity index (χ2n) is 4.42. The van der Waals surface area contributed by atoms with Gasteiger partial charge in [-0.25, -0.2) is 9.89 Å². The molecule has 1 aromatic heterocycles. The molecule has 0 radical (unpaired) electrons. The highest BCUT2D eigenvalue weighted by Crippen LogP contribution is 2.25. The molecule has 2 atom stereocenters. The summed E-state index contributed by atoms with van der Waals surface area (Å²) in [6, 6.07) is 0.269. The van der Waals surface area contributed by atoms with E-state index in [1.807, 2.05) is 0 Å². The van der Waals surface area contributed by atoms with Gasteiger partial charge < -0.3 is 5.73 Å². The van der Waals surface area contributed by atoms with Crippen molar-refractivity contribution in [3.05, 3.63) is 16.3 Å². The molecule has 0 aromatic carbocycles. The SMILES string of the molecule is Cn1c(C[C@@H]2CCCC[C@@H]2N)n[nH]c1=O. The number of nitrogens with two attached hydrogens (primary N) is 1. The molecule has 1 fully saturated rings. The Bertz CT molecular complexity index is 381. The van der Waals surface area contributed by atoms with Gasteiger partial charge in [-0.3, -0.25) is 4.57 Å². The van der Waals surface area contributed by atoms with Crippen LogP contribution in [0.1, 0.15) is 31.5 Å². The van der Waals surface area contributed by atoms with E-state index in [9.17, 15) is 4.79 Å². The summed E-state index contributed by atoms with van der Waals surface area (Å²) in [5.41, 5.74) is 5.91. The van der Waals surface area contributed by atoms with Crippen LogP contribution in [0.2, 0.25) is 0 Å². The molecule has 5 heteroatoms. The van der Waals surface area contributed by atoms with Gasteiger partial charge in [0, 0.05) is 19.5 Å². The summed E-state index contributed by atoms with van der Waals surface area (Å²) in [5.74, 6) is 1.30. The molecule has 5 nitrogen and oxygen atoms in total. The lowest BCUT2D eigenvalue weighted by Gasteiger charge is -2.27. The number of aromatic nitrogens is 3. The minimum absolute atomic E-state index is 0.144. The summed E-state index contributed by atoms with van der Waals surface area (Å²) in [6.45, 7) is 0. The largest absolute Gasteiger partial charge is 0.343 e. The number of nitrogens with one attached hydrogen (secondary N) is 1. The van der Waals surface area contributed by atoms with Crippen LogP contribution >= 0.6 is 0 Å². The minimum atomic E-state index is -0.144. The Morgan fingerprint density at radius 1 is 1.53 bits per heavy atom. The first-order valence-electron chi connectivity index (χ1n) is 5.54. The Hall–Kier alpha value is -1.10.